The van der Waals surface area contributed by atoms with Crippen molar-refractivity contribution in [3.8, 4) is 0 Å². The van der Waals surface area contributed by atoms with E-state index in [1.165, 1.54) is 0 Å². The number of aromatic amines is 1. The maximum absolute atomic E-state index is 5.31. The molecule has 1 aliphatic carbocycles. The third-order valence-corrected chi connectivity index (χ3v) is 3.99. The van der Waals surface area contributed by atoms with Crippen molar-refractivity contribution in [1.29, 1.82) is 0 Å². The molecule has 1 aromatic heterocycles. The van der Waals surface area contributed by atoms with Crippen LogP contribution in [0.5, 0.6) is 0 Å². The number of nitrogens with one attached hydrogen (secondary N) is 2. The Morgan fingerprint density at radius 2 is 2.05 bits per heavy atom. The van der Waals surface area contributed by atoms with E-state index in [0.717, 1.165) is 35.4 Å². The summed E-state index contributed by atoms with van der Waals surface area (Å²) in [7, 11) is 1.78. The van der Waals surface area contributed by atoms with Gasteiger partial charge in [-0.3, -0.25) is 0 Å². The van der Waals surface area contributed by atoms with Crippen molar-refractivity contribution in [2.45, 2.75) is 51.2 Å². The molecule has 0 atom stereocenters. The summed E-state index contributed by atoms with van der Waals surface area (Å²) in [4.78, 5) is 8.09. The van der Waals surface area contributed by atoms with E-state index in [1.807, 2.05) is 0 Å². The van der Waals surface area contributed by atoms with Crippen LogP contribution in [0.4, 0.5) is 5.69 Å². The number of rotatable bonds is 3. The van der Waals surface area contributed by atoms with Crippen molar-refractivity contribution in [3.05, 3.63) is 24.0 Å². The minimum absolute atomic E-state index is 0.0479. The maximum atomic E-state index is 5.31. The summed E-state index contributed by atoms with van der Waals surface area (Å²) in [5.41, 5.74) is 3.33. The molecule has 1 heterocycles. The summed E-state index contributed by atoms with van der Waals surface area (Å²) in [5.74, 6) is 1.03. The van der Waals surface area contributed by atoms with Crippen molar-refractivity contribution in [2.75, 3.05) is 12.4 Å². The number of H-pyrrole nitrogens is 1. The normalized spacial score (nSPS) is 22.8. The molecule has 1 aromatic carbocycles. The first-order valence-electron chi connectivity index (χ1n) is 7.25. The zero-order valence-corrected chi connectivity index (χ0v) is 12.7. The number of imidazole rings is 1. The lowest BCUT2D eigenvalue weighted by atomic mass is 9.89. The predicted octanol–water partition coefficient (Wildman–Crippen LogP) is 3.45. The van der Waals surface area contributed by atoms with Gasteiger partial charge in [0.25, 0.3) is 0 Å². The fourth-order valence-electron chi connectivity index (χ4n) is 2.57. The minimum atomic E-state index is 0.0479. The molecule has 3 rings (SSSR count). The third-order valence-electron chi connectivity index (χ3n) is 3.99. The number of hydrogen-bond donors (Lipinski definition) is 2. The zero-order chi connectivity index (χ0) is 14.3. The number of anilines is 1. The monoisotopic (exact) mass is 273 g/mol. The summed E-state index contributed by atoms with van der Waals surface area (Å²) in [6, 6.07) is 6.87. The molecule has 0 spiro atoms. The molecule has 2 N–H and O–H groups in total. The Balaban J connectivity index is 1.77. The smallest absolute Gasteiger partial charge is 0.112 e. The van der Waals surface area contributed by atoms with Gasteiger partial charge in [0.1, 0.15) is 5.82 Å². The average molecular weight is 273 g/mol. The molecule has 4 heteroatoms. The Morgan fingerprint density at radius 3 is 2.70 bits per heavy atom. The third kappa shape index (κ3) is 2.52. The van der Waals surface area contributed by atoms with Gasteiger partial charge >= 0.3 is 0 Å². The highest BCUT2D eigenvalue weighted by molar-refractivity contribution is 5.79. The van der Waals surface area contributed by atoms with Gasteiger partial charge in [-0.15, -0.1) is 0 Å². The summed E-state index contributed by atoms with van der Waals surface area (Å²) >= 11 is 0. The fraction of sp³-hybridized carbons (Fsp3) is 0.562. The summed E-state index contributed by atoms with van der Waals surface area (Å²) in [6.07, 6.45) is 2.60. The quantitative estimate of drug-likeness (QED) is 0.900. The van der Waals surface area contributed by atoms with Crippen LogP contribution in [0, 0.1) is 0 Å². The Bertz CT molecular complexity index is 606. The Labute approximate surface area is 119 Å². The number of methoxy groups -OCH3 is 1. The van der Waals surface area contributed by atoms with Gasteiger partial charge in [0, 0.05) is 24.3 Å². The standard InChI is InChI=1S/C16H23N3O/c1-16(2,3)15-18-13-6-5-10(9-14(13)19-15)17-11-7-12(8-11)20-4/h5-6,9,11-12,17H,7-8H2,1-4H3,(H,18,19). The second kappa shape index (κ2) is 4.77. The van der Waals surface area contributed by atoms with E-state index in [2.05, 4.69) is 54.3 Å². The molecule has 1 saturated carbocycles. The second-order valence-corrected chi connectivity index (χ2v) is 6.74. The average Bonchev–Trinajstić information content (AvgIpc) is 2.76. The fourth-order valence-corrected chi connectivity index (χ4v) is 2.57. The number of hydrogen-bond acceptors (Lipinski definition) is 3. The minimum Gasteiger partial charge on any atom is -0.382 e. The van der Waals surface area contributed by atoms with E-state index in [9.17, 15) is 0 Å². The van der Waals surface area contributed by atoms with E-state index in [4.69, 9.17) is 4.74 Å². The number of nitrogens with zero attached hydrogens (tertiary/aromatic N) is 1. The van der Waals surface area contributed by atoms with Crippen LogP contribution in [0.1, 0.15) is 39.4 Å². The van der Waals surface area contributed by atoms with Crippen LogP contribution in [0.15, 0.2) is 18.2 Å². The zero-order valence-electron chi connectivity index (χ0n) is 12.7. The Hall–Kier alpha value is -1.55. The molecule has 0 radical (unpaired) electrons. The Morgan fingerprint density at radius 1 is 1.30 bits per heavy atom. The predicted molar refractivity (Wildman–Crippen MR) is 82.2 cm³/mol. The molecule has 0 amide bonds. The van der Waals surface area contributed by atoms with E-state index in [0.29, 0.717) is 12.1 Å². The van der Waals surface area contributed by atoms with Gasteiger partial charge in [-0.25, -0.2) is 4.98 Å². The number of ether oxygens (including phenoxy) is 1. The highest BCUT2D eigenvalue weighted by Crippen LogP contribution is 2.28. The van der Waals surface area contributed by atoms with Crippen LogP contribution in [0.3, 0.4) is 0 Å². The van der Waals surface area contributed by atoms with Gasteiger partial charge < -0.3 is 15.0 Å². The largest absolute Gasteiger partial charge is 0.382 e. The van der Waals surface area contributed by atoms with Crippen LogP contribution >= 0.6 is 0 Å². The van der Waals surface area contributed by atoms with Gasteiger partial charge in [0.2, 0.25) is 0 Å². The highest BCUT2D eigenvalue weighted by atomic mass is 16.5. The molecule has 0 bridgehead atoms. The van der Waals surface area contributed by atoms with Gasteiger partial charge in [-0.2, -0.15) is 0 Å². The van der Waals surface area contributed by atoms with Crippen LogP contribution in [-0.2, 0) is 10.2 Å². The molecule has 2 aromatic rings. The number of aromatic nitrogens is 2. The molecule has 108 valence electrons. The summed E-state index contributed by atoms with van der Waals surface area (Å²) in [6.45, 7) is 6.51. The lowest BCUT2D eigenvalue weighted by Gasteiger charge is -2.35. The van der Waals surface area contributed by atoms with Gasteiger partial charge in [-0.1, -0.05) is 20.8 Å². The Kier molecular flexibility index (Phi) is 3.21. The van der Waals surface area contributed by atoms with Crippen molar-refractivity contribution >= 4 is 16.7 Å². The van der Waals surface area contributed by atoms with E-state index >= 15 is 0 Å². The highest BCUT2D eigenvalue weighted by Gasteiger charge is 2.28. The topological polar surface area (TPSA) is 49.9 Å². The maximum Gasteiger partial charge on any atom is 0.112 e. The molecular weight excluding hydrogens is 250 g/mol. The summed E-state index contributed by atoms with van der Waals surface area (Å²) in [5, 5.41) is 3.56. The van der Waals surface area contributed by atoms with Crippen LogP contribution in [0.25, 0.3) is 11.0 Å². The van der Waals surface area contributed by atoms with Crippen molar-refractivity contribution in [1.82, 2.24) is 9.97 Å². The SMILES string of the molecule is COC1CC(Nc2ccc3nc(C(C)(C)C)[nH]c3c2)C1. The molecule has 20 heavy (non-hydrogen) atoms. The van der Waals surface area contributed by atoms with Crippen molar-refractivity contribution in [3.63, 3.8) is 0 Å². The molecule has 1 fully saturated rings. The lowest BCUT2D eigenvalue weighted by Crippen LogP contribution is -2.40. The first-order valence-corrected chi connectivity index (χ1v) is 7.25. The first kappa shape index (κ1) is 13.4. The van der Waals surface area contributed by atoms with Gasteiger partial charge in [-0.05, 0) is 31.0 Å². The van der Waals surface area contributed by atoms with Gasteiger partial charge in [0.05, 0.1) is 17.1 Å². The van der Waals surface area contributed by atoms with Crippen molar-refractivity contribution < 1.29 is 4.74 Å². The lowest BCUT2D eigenvalue weighted by molar-refractivity contribution is 0.0329. The molecule has 1 aliphatic rings. The van der Waals surface area contributed by atoms with Gasteiger partial charge in [0.15, 0.2) is 0 Å². The number of fused-ring (bicyclic) bond motifs is 1. The van der Waals surface area contributed by atoms with E-state index < -0.39 is 0 Å². The molecular formula is C16H23N3O. The van der Waals surface area contributed by atoms with Crippen LogP contribution in [-0.4, -0.2) is 29.2 Å². The molecule has 0 aliphatic heterocycles. The van der Waals surface area contributed by atoms with E-state index in [-0.39, 0.29) is 5.41 Å². The second-order valence-electron chi connectivity index (χ2n) is 6.74. The van der Waals surface area contributed by atoms with E-state index in [1.54, 1.807) is 7.11 Å². The molecule has 0 unspecified atom stereocenters. The van der Waals surface area contributed by atoms with Crippen LogP contribution in [0.2, 0.25) is 0 Å². The first-order chi connectivity index (χ1) is 9.45. The molecule has 0 saturated heterocycles. The molecule has 4 nitrogen and oxygen atoms in total. The van der Waals surface area contributed by atoms with Crippen molar-refractivity contribution in [2.24, 2.45) is 0 Å². The number of benzene rings is 1. The van der Waals surface area contributed by atoms with Crippen LogP contribution < -0.4 is 5.32 Å². The summed E-state index contributed by atoms with van der Waals surface area (Å²) < 4.78 is 5.31.